The van der Waals surface area contributed by atoms with E-state index in [1.165, 1.54) is 5.56 Å². The average Bonchev–Trinajstić information content (AvgIpc) is 2.85. The molecule has 37 heavy (non-hydrogen) atoms. The first-order valence-electron chi connectivity index (χ1n) is 12.2. The molecule has 0 amide bonds. The van der Waals surface area contributed by atoms with Crippen LogP contribution in [-0.4, -0.2) is 49.9 Å². The molecule has 196 valence electrons. The lowest BCUT2D eigenvalue weighted by molar-refractivity contribution is 0.169. The third-order valence-electron chi connectivity index (χ3n) is 6.57. The van der Waals surface area contributed by atoms with Gasteiger partial charge in [0, 0.05) is 40.8 Å². The van der Waals surface area contributed by atoms with Crippen molar-refractivity contribution in [3.63, 3.8) is 0 Å². The Bertz CT molecular complexity index is 1430. The second kappa shape index (κ2) is 10.6. The van der Waals surface area contributed by atoms with E-state index in [9.17, 15) is 8.42 Å². The van der Waals surface area contributed by atoms with Crippen LogP contribution in [0.4, 0.5) is 23.1 Å². The Balaban J connectivity index is 1.50. The summed E-state index contributed by atoms with van der Waals surface area (Å²) in [4.78, 5) is 9.49. The molecule has 11 heteroatoms. The third-order valence-corrected chi connectivity index (χ3v) is 9.60. The second-order valence-electron chi connectivity index (χ2n) is 9.41. The van der Waals surface area contributed by atoms with Gasteiger partial charge < -0.3 is 25.4 Å². The lowest BCUT2D eigenvalue weighted by Crippen LogP contribution is -2.40. The fraction of sp³-hybridized carbons (Fsp3) is 0.385. The van der Waals surface area contributed by atoms with Gasteiger partial charge in [-0.1, -0.05) is 34.7 Å². The lowest BCUT2D eigenvalue weighted by atomic mass is 9.88. The quantitative estimate of drug-likeness (QED) is 0.236. The van der Waals surface area contributed by atoms with E-state index in [1.807, 2.05) is 6.07 Å². The number of sulfone groups is 1. The maximum atomic E-state index is 13.0. The maximum Gasteiger partial charge on any atom is 0.229 e. The van der Waals surface area contributed by atoms with E-state index >= 15 is 0 Å². The van der Waals surface area contributed by atoms with Crippen LogP contribution >= 0.6 is 22.6 Å². The predicted octanol–water partition coefficient (Wildman–Crippen LogP) is 4.85. The van der Waals surface area contributed by atoms with Gasteiger partial charge >= 0.3 is 0 Å². The second-order valence-corrected chi connectivity index (χ2v) is 12.6. The molecule has 2 aliphatic heterocycles. The van der Waals surface area contributed by atoms with Gasteiger partial charge in [-0.05, 0) is 44.5 Å². The smallest absolute Gasteiger partial charge is 0.229 e. The van der Waals surface area contributed by atoms with Crippen LogP contribution in [0.3, 0.4) is 0 Å². The number of hydrogen-bond donors (Lipinski definition) is 3. The SMILES string of the molecule is Cc1cc(Nc2ncc(CI)c(Nc3ccccc3S(=O)(=O)C(C)C)n2)c2c(c1C1CNC1)OCCO2. The fourth-order valence-electron chi connectivity index (χ4n) is 4.44. The Hall–Kier alpha value is -2.64. The molecule has 9 nitrogen and oxygen atoms in total. The Labute approximate surface area is 230 Å². The normalized spacial score (nSPS) is 15.4. The minimum atomic E-state index is -3.49. The first-order valence-corrected chi connectivity index (χ1v) is 15.3. The van der Waals surface area contributed by atoms with E-state index in [1.54, 1.807) is 44.3 Å². The van der Waals surface area contributed by atoms with Crippen LogP contribution in [-0.2, 0) is 14.3 Å². The van der Waals surface area contributed by atoms with E-state index in [0.29, 0.717) is 46.8 Å². The largest absolute Gasteiger partial charge is 0.486 e. The first-order chi connectivity index (χ1) is 17.8. The van der Waals surface area contributed by atoms with Crippen molar-refractivity contribution in [1.82, 2.24) is 15.3 Å². The van der Waals surface area contributed by atoms with Crippen molar-refractivity contribution in [3.8, 4) is 11.5 Å². The van der Waals surface area contributed by atoms with Crippen molar-refractivity contribution in [2.24, 2.45) is 0 Å². The molecule has 0 radical (unpaired) electrons. The van der Waals surface area contributed by atoms with E-state index in [2.05, 4.69) is 50.4 Å². The number of alkyl halides is 1. The van der Waals surface area contributed by atoms with Gasteiger partial charge in [-0.15, -0.1) is 0 Å². The highest BCUT2D eigenvalue weighted by Gasteiger charge is 2.30. The highest BCUT2D eigenvalue weighted by Crippen LogP contribution is 2.46. The molecule has 3 heterocycles. The zero-order chi connectivity index (χ0) is 26.2. The molecule has 3 N–H and O–H groups in total. The lowest BCUT2D eigenvalue weighted by Gasteiger charge is -2.33. The molecule has 0 bridgehead atoms. The van der Waals surface area contributed by atoms with Crippen molar-refractivity contribution >= 4 is 55.6 Å². The molecule has 3 aromatic rings. The van der Waals surface area contributed by atoms with Gasteiger partial charge in [-0.3, -0.25) is 0 Å². The first kappa shape index (κ1) is 26.0. The molecule has 0 aliphatic carbocycles. The Morgan fingerprint density at radius 3 is 2.51 bits per heavy atom. The van der Waals surface area contributed by atoms with Gasteiger partial charge in [0.25, 0.3) is 0 Å². The van der Waals surface area contributed by atoms with Crippen LogP contribution in [0.15, 0.2) is 41.4 Å². The summed E-state index contributed by atoms with van der Waals surface area (Å²) in [5, 5.41) is 9.35. The summed E-state index contributed by atoms with van der Waals surface area (Å²) < 4.78 is 38.7. The van der Waals surface area contributed by atoms with Crippen molar-refractivity contribution in [2.75, 3.05) is 36.9 Å². The standard InChI is InChI=1S/C26H30IN5O4S/c1-15(2)37(33,34)21-7-5-4-6-19(21)30-25-17(11-27)14-29-26(32-25)31-20-10-16(3)22(18-12-28-13-18)24-23(20)35-8-9-36-24/h4-7,10,14-15,18,28H,8-9,11-13H2,1-3H3,(H2,29,30,31,32). The molecule has 1 saturated heterocycles. The molecule has 2 aliphatic rings. The Morgan fingerprint density at radius 2 is 1.84 bits per heavy atom. The highest BCUT2D eigenvalue weighted by molar-refractivity contribution is 14.1. The molecule has 0 unspecified atom stereocenters. The van der Waals surface area contributed by atoms with E-state index in [4.69, 9.17) is 14.5 Å². The van der Waals surface area contributed by atoms with Crippen LogP contribution in [0.2, 0.25) is 0 Å². The molecule has 0 atom stereocenters. The minimum Gasteiger partial charge on any atom is -0.486 e. The van der Waals surface area contributed by atoms with Gasteiger partial charge in [0.1, 0.15) is 19.0 Å². The van der Waals surface area contributed by atoms with E-state index < -0.39 is 15.1 Å². The van der Waals surface area contributed by atoms with Crippen LogP contribution in [0.5, 0.6) is 11.5 Å². The van der Waals surface area contributed by atoms with Crippen molar-refractivity contribution < 1.29 is 17.9 Å². The number of anilines is 4. The van der Waals surface area contributed by atoms with Gasteiger partial charge in [0.05, 0.1) is 21.5 Å². The third kappa shape index (κ3) is 5.08. The Kier molecular flexibility index (Phi) is 7.46. The number of nitrogens with one attached hydrogen (secondary N) is 3. The molecule has 0 saturated carbocycles. The molecule has 2 aromatic carbocycles. The summed E-state index contributed by atoms with van der Waals surface area (Å²) in [5.74, 6) is 2.77. The zero-order valence-corrected chi connectivity index (χ0v) is 23.9. The van der Waals surface area contributed by atoms with Crippen LogP contribution in [0.1, 0.15) is 36.5 Å². The van der Waals surface area contributed by atoms with Crippen molar-refractivity contribution in [3.05, 3.63) is 53.2 Å². The molecule has 0 spiro atoms. The van der Waals surface area contributed by atoms with Crippen LogP contribution in [0.25, 0.3) is 0 Å². The zero-order valence-electron chi connectivity index (χ0n) is 21.0. The molecular weight excluding hydrogens is 605 g/mol. The monoisotopic (exact) mass is 635 g/mol. The number of halogens is 1. The number of benzene rings is 2. The summed E-state index contributed by atoms with van der Waals surface area (Å²) in [7, 11) is -3.49. The van der Waals surface area contributed by atoms with Gasteiger partial charge in [-0.2, -0.15) is 4.98 Å². The van der Waals surface area contributed by atoms with E-state index in [0.717, 1.165) is 35.7 Å². The molecule has 1 fully saturated rings. The Morgan fingerprint density at radius 1 is 1.11 bits per heavy atom. The minimum absolute atomic E-state index is 0.244. The number of hydrogen-bond acceptors (Lipinski definition) is 9. The summed E-state index contributed by atoms with van der Waals surface area (Å²) in [6.07, 6.45) is 1.74. The van der Waals surface area contributed by atoms with Crippen LogP contribution in [0, 0.1) is 6.92 Å². The summed E-state index contributed by atoms with van der Waals surface area (Å²) in [6, 6.07) is 8.95. The van der Waals surface area contributed by atoms with Gasteiger partial charge in [0.15, 0.2) is 21.3 Å². The van der Waals surface area contributed by atoms with Gasteiger partial charge in [0.2, 0.25) is 5.95 Å². The predicted molar refractivity (Wildman–Crippen MR) is 153 cm³/mol. The number of rotatable bonds is 8. The topological polar surface area (TPSA) is 114 Å². The number of ether oxygens (including phenoxy) is 2. The summed E-state index contributed by atoms with van der Waals surface area (Å²) in [6.45, 7) is 8.26. The number of aromatic nitrogens is 2. The van der Waals surface area contributed by atoms with Crippen molar-refractivity contribution in [2.45, 2.75) is 41.3 Å². The highest BCUT2D eigenvalue weighted by atomic mass is 127. The number of fused-ring (bicyclic) bond motifs is 1. The number of nitrogens with zero attached hydrogens (tertiary/aromatic N) is 2. The van der Waals surface area contributed by atoms with Crippen LogP contribution < -0.4 is 25.4 Å². The number of aryl methyl sites for hydroxylation is 1. The molecule has 5 rings (SSSR count). The van der Waals surface area contributed by atoms with Gasteiger partial charge in [-0.25, -0.2) is 13.4 Å². The average molecular weight is 636 g/mol. The van der Waals surface area contributed by atoms with Crippen molar-refractivity contribution in [1.29, 1.82) is 0 Å². The summed E-state index contributed by atoms with van der Waals surface area (Å²) in [5.41, 5.74) is 4.38. The summed E-state index contributed by atoms with van der Waals surface area (Å²) >= 11 is 2.24. The maximum absolute atomic E-state index is 13.0. The molecule has 1 aromatic heterocycles. The van der Waals surface area contributed by atoms with E-state index in [-0.39, 0.29) is 4.90 Å². The molecular formula is C26H30IN5O4S. The fourth-order valence-corrected chi connectivity index (χ4v) is 6.20. The number of para-hydroxylation sites is 1.